The van der Waals surface area contributed by atoms with Gasteiger partial charge in [0.05, 0.1) is 0 Å². The molecule has 0 amide bonds. The molecule has 4 rings (SSSR count). The second-order valence-corrected chi connectivity index (χ2v) is 9.86. The maximum absolute atomic E-state index is 12.8. The van der Waals surface area contributed by atoms with Gasteiger partial charge in [0.25, 0.3) is 0 Å². The number of fused-ring (bicyclic) bond motifs is 2. The Morgan fingerprint density at radius 2 is 1.57 bits per heavy atom. The Morgan fingerprint density at radius 1 is 0.833 bits per heavy atom. The Morgan fingerprint density at radius 3 is 2.33 bits per heavy atom. The van der Waals surface area contributed by atoms with E-state index in [1.165, 1.54) is 56.1 Å². The number of ether oxygens (including phenoxy) is 2. The molecule has 4 heteroatoms. The normalized spacial score (nSPS) is 29.0. The van der Waals surface area contributed by atoms with Crippen LogP contribution in [0.4, 0.5) is 0 Å². The number of hydrogen-bond donors (Lipinski definition) is 0. The zero-order valence-corrected chi connectivity index (χ0v) is 18.7. The van der Waals surface area contributed by atoms with Crippen LogP contribution in [-0.2, 0) is 19.1 Å². The maximum atomic E-state index is 12.8. The third-order valence-corrected chi connectivity index (χ3v) is 7.96. The standard InChI is InChI=1S/C26H38O4/c1-29-17-30-13-5-4-6-18-9-10-20-16-26(28)23(24(20)14-18)12-11-22-21-8-3-2-7-19(21)15-25(22)27/h18-20H,2-17H2,1H3. The second kappa shape index (κ2) is 10.4. The lowest BCUT2D eigenvalue weighted by molar-refractivity contribution is -0.116. The highest BCUT2D eigenvalue weighted by Gasteiger charge is 2.37. The number of carbonyl (C=O) groups is 2. The quantitative estimate of drug-likeness (QED) is 0.340. The fourth-order valence-electron chi connectivity index (χ4n) is 6.42. The molecule has 0 N–H and O–H groups in total. The van der Waals surface area contributed by atoms with Gasteiger partial charge in [-0.15, -0.1) is 0 Å². The Labute approximate surface area is 181 Å². The summed E-state index contributed by atoms with van der Waals surface area (Å²) in [7, 11) is 1.65. The molecular weight excluding hydrogens is 376 g/mol. The van der Waals surface area contributed by atoms with Gasteiger partial charge >= 0.3 is 0 Å². The number of ketones is 2. The van der Waals surface area contributed by atoms with Crippen molar-refractivity contribution in [2.75, 3.05) is 20.5 Å². The molecule has 0 heterocycles. The highest BCUT2D eigenvalue weighted by molar-refractivity contribution is 6.01. The minimum Gasteiger partial charge on any atom is -0.359 e. The molecule has 0 aliphatic heterocycles. The molecule has 0 radical (unpaired) electrons. The lowest BCUT2D eigenvalue weighted by Crippen LogP contribution is -2.15. The molecule has 4 aliphatic carbocycles. The molecule has 0 bridgehead atoms. The van der Waals surface area contributed by atoms with Crippen molar-refractivity contribution in [1.82, 2.24) is 0 Å². The van der Waals surface area contributed by atoms with Gasteiger partial charge in [0, 0.05) is 26.6 Å². The summed E-state index contributed by atoms with van der Waals surface area (Å²) in [6.45, 7) is 1.15. The van der Waals surface area contributed by atoms with E-state index in [1.54, 1.807) is 7.11 Å². The molecule has 4 nitrogen and oxygen atoms in total. The van der Waals surface area contributed by atoms with E-state index in [-0.39, 0.29) is 0 Å². The molecule has 0 aromatic carbocycles. The topological polar surface area (TPSA) is 52.6 Å². The fraction of sp³-hybridized carbons (Fsp3) is 0.769. The number of unbranched alkanes of at least 4 members (excludes halogenated alkanes) is 1. The van der Waals surface area contributed by atoms with Gasteiger partial charge in [-0.05, 0) is 86.7 Å². The van der Waals surface area contributed by atoms with Crippen LogP contribution in [0.3, 0.4) is 0 Å². The van der Waals surface area contributed by atoms with Crippen molar-refractivity contribution in [3.8, 4) is 0 Å². The summed E-state index contributed by atoms with van der Waals surface area (Å²) in [4.78, 5) is 25.4. The molecule has 30 heavy (non-hydrogen) atoms. The Balaban J connectivity index is 1.34. The van der Waals surface area contributed by atoms with E-state index in [4.69, 9.17) is 9.47 Å². The van der Waals surface area contributed by atoms with Gasteiger partial charge in [0.1, 0.15) is 6.79 Å². The zero-order valence-electron chi connectivity index (χ0n) is 18.7. The lowest BCUT2D eigenvalue weighted by Gasteiger charge is -2.28. The van der Waals surface area contributed by atoms with Crippen LogP contribution < -0.4 is 0 Å². The third kappa shape index (κ3) is 4.96. The number of rotatable bonds is 10. The van der Waals surface area contributed by atoms with Crippen molar-refractivity contribution in [3.05, 3.63) is 22.3 Å². The minimum absolute atomic E-state index is 0.375. The third-order valence-electron chi connectivity index (χ3n) is 7.96. The molecule has 4 aliphatic rings. The summed E-state index contributed by atoms with van der Waals surface area (Å²) in [6, 6.07) is 0. The first-order chi connectivity index (χ1) is 14.7. The van der Waals surface area contributed by atoms with Crippen LogP contribution in [0.5, 0.6) is 0 Å². The van der Waals surface area contributed by atoms with Crippen molar-refractivity contribution in [2.45, 2.75) is 89.9 Å². The van der Waals surface area contributed by atoms with Gasteiger partial charge in [-0.1, -0.05) is 30.4 Å². The van der Waals surface area contributed by atoms with Gasteiger partial charge in [0.2, 0.25) is 0 Å². The molecule has 0 spiro atoms. The van der Waals surface area contributed by atoms with Crippen molar-refractivity contribution in [3.63, 3.8) is 0 Å². The van der Waals surface area contributed by atoms with Gasteiger partial charge in [0.15, 0.2) is 11.6 Å². The predicted octanol–water partition coefficient (Wildman–Crippen LogP) is 5.70. The number of Topliss-reactive ketones (excluding diaryl/α,β-unsaturated/α-hetero) is 2. The number of methoxy groups -OCH3 is 1. The van der Waals surface area contributed by atoms with Crippen LogP contribution in [0.15, 0.2) is 22.3 Å². The molecule has 3 unspecified atom stereocenters. The van der Waals surface area contributed by atoms with Crippen LogP contribution in [0.1, 0.15) is 89.9 Å². The number of hydrogen-bond acceptors (Lipinski definition) is 4. The average molecular weight is 415 g/mol. The van der Waals surface area contributed by atoms with Gasteiger partial charge in [-0.25, -0.2) is 0 Å². The molecular formula is C26H38O4. The monoisotopic (exact) mass is 414 g/mol. The van der Waals surface area contributed by atoms with Crippen molar-refractivity contribution >= 4 is 11.6 Å². The lowest BCUT2D eigenvalue weighted by atomic mass is 9.76. The van der Waals surface area contributed by atoms with Gasteiger partial charge < -0.3 is 9.47 Å². The van der Waals surface area contributed by atoms with E-state index in [0.29, 0.717) is 36.1 Å². The Bertz CT molecular complexity index is 717. The highest BCUT2D eigenvalue weighted by atomic mass is 16.7. The summed E-state index contributed by atoms with van der Waals surface area (Å²) in [5, 5.41) is 0. The maximum Gasteiger partial charge on any atom is 0.159 e. The molecule has 166 valence electrons. The zero-order chi connectivity index (χ0) is 20.9. The number of carbonyl (C=O) groups excluding carboxylic acids is 2. The van der Waals surface area contributed by atoms with E-state index in [2.05, 4.69) is 0 Å². The molecule has 2 fully saturated rings. The first-order valence-electron chi connectivity index (χ1n) is 12.2. The fourth-order valence-corrected chi connectivity index (χ4v) is 6.42. The van der Waals surface area contributed by atoms with Crippen molar-refractivity contribution in [2.24, 2.45) is 17.8 Å². The SMILES string of the molecule is COCOCCCCC1CCC2CC(=O)C(CCC3=C4CCCCC4CC3=O)=C2C1. The van der Waals surface area contributed by atoms with E-state index in [9.17, 15) is 9.59 Å². The van der Waals surface area contributed by atoms with Crippen molar-refractivity contribution in [1.29, 1.82) is 0 Å². The van der Waals surface area contributed by atoms with Gasteiger partial charge in [-0.3, -0.25) is 9.59 Å². The highest BCUT2D eigenvalue weighted by Crippen LogP contribution is 2.46. The minimum atomic E-state index is 0.375. The molecule has 0 aromatic heterocycles. The molecule has 3 atom stereocenters. The summed E-state index contributed by atoms with van der Waals surface area (Å²) < 4.78 is 10.3. The summed E-state index contributed by atoms with van der Waals surface area (Å²) in [5.41, 5.74) is 5.12. The largest absolute Gasteiger partial charge is 0.359 e. The van der Waals surface area contributed by atoms with E-state index >= 15 is 0 Å². The first kappa shape index (κ1) is 22.0. The average Bonchev–Trinajstić information content (AvgIpc) is 3.23. The molecule has 0 saturated heterocycles. The first-order valence-corrected chi connectivity index (χ1v) is 12.2. The van der Waals surface area contributed by atoms with Crippen LogP contribution in [0.25, 0.3) is 0 Å². The van der Waals surface area contributed by atoms with Crippen LogP contribution in [-0.4, -0.2) is 32.1 Å². The summed E-state index contributed by atoms with van der Waals surface area (Å²) in [6.07, 6.45) is 14.9. The smallest absolute Gasteiger partial charge is 0.159 e. The molecule has 2 saturated carbocycles. The summed E-state index contributed by atoms with van der Waals surface area (Å²) in [5.74, 6) is 2.48. The van der Waals surface area contributed by atoms with Crippen LogP contribution in [0.2, 0.25) is 0 Å². The van der Waals surface area contributed by atoms with E-state index in [0.717, 1.165) is 62.7 Å². The predicted molar refractivity (Wildman–Crippen MR) is 117 cm³/mol. The Hall–Kier alpha value is -1.26. The van der Waals surface area contributed by atoms with Crippen LogP contribution >= 0.6 is 0 Å². The van der Waals surface area contributed by atoms with E-state index < -0.39 is 0 Å². The van der Waals surface area contributed by atoms with Crippen molar-refractivity contribution < 1.29 is 19.1 Å². The Kier molecular flexibility index (Phi) is 7.59. The van der Waals surface area contributed by atoms with Crippen LogP contribution in [0, 0.1) is 17.8 Å². The summed E-state index contributed by atoms with van der Waals surface area (Å²) >= 11 is 0. The molecule has 0 aromatic rings. The second-order valence-electron chi connectivity index (χ2n) is 9.86. The van der Waals surface area contributed by atoms with Gasteiger partial charge in [-0.2, -0.15) is 0 Å². The number of allylic oxidation sites excluding steroid dienone is 4. The van der Waals surface area contributed by atoms with E-state index in [1.807, 2.05) is 0 Å².